The van der Waals surface area contributed by atoms with Crippen LogP contribution in [0, 0.1) is 5.92 Å². The minimum absolute atomic E-state index is 0.0340. The van der Waals surface area contributed by atoms with Gasteiger partial charge >= 0.3 is 0 Å². The molecule has 2 aromatic heterocycles. The number of rotatable bonds is 7. The molecule has 21 heavy (non-hydrogen) atoms. The monoisotopic (exact) mass is 320 g/mol. The molecule has 1 aliphatic rings. The molecular weight excluding hydrogens is 300 g/mol. The van der Waals surface area contributed by atoms with Crippen molar-refractivity contribution in [2.24, 2.45) is 11.7 Å². The van der Waals surface area contributed by atoms with Gasteiger partial charge in [-0.3, -0.25) is 4.79 Å². The van der Waals surface area contributed by atoms with Crippen molar-refractivity contribution < 1.29 is 4.79 Å². The van der Waals surface area contributed by atoms with Crippen LogP contribution in [0.15, 0.2) is 35.0 Å². The van der Waals surface area contributed by atoms with Gasteiger partial charge in [-0.15, -0.1) is 22.7 Å². The number of carbonyl (C=O) groups excluding carboxylic acids is 1. The first-order valence-corrected chi connectivity index (χ1v) is 9.06. The first kappa shape index (κ1) is 14.8. The van der Waals surface area contributed by atoms with Gasteiger partial charge in [0.2, 0.25) is 5.91 Å². The molecule has 2 aromatic rings. The lowest BCUT2D eigenvalue weighted by Gasteiger charge is -2.23. The van der Waals surface area contributed by atoms with Crippen LogP contribution >= 0.6 is 22.7 Å². The van der Waals surface area contributed by atoms with Crippen molar-refractivity contribution in [1.82, 2.24) is 4.90 Å². The van der Waals surface area contributed by atoms with E-state index in [-0.39, 0.29) is 11.9 Å². The Balaban J connectivity index is 1.66. The Morgan fingerprint density at radius 3 is 2.19 bits per heavy atom. The Hall–Kier alpha value is -1.17. The van der Waals surface area contributed by atoms with E-state index in [4.69, 9.17) is 5.73 Å². The molecule has 5 heteroatoms. The Bertz CT molecular complexity index is 525. The highest BCUT2D eigenvalue weighted by Gasteiger charge is 2.31. The highest BCUT2D eigenvalue weighted by atomic mass is 32.1. The van der Waals surface area contributed by atoms with Gasteiger partial charge in [0.05, 0.1) is 13.1 Å². The zero-order valence-electron chi connectivity index (χ0n) is 11.9. The SMILES string of the molecule is NC(CC(=O)N(Cc1cccs1)Cc1cccs1)C1CC1. The summed E-state index contributed by atoms with van der Waals surface area (Å²) in [6.45, 7) is 1.37. The van der Waals surface area contributed by atoms with Crippen LogP contribution in [0.5, 0.6) is 0 Å². The van der Waals surface area contributed by atoms with Crippen molar-refractivity contribution in [3.8, 4) is 0 Å². The van der Waals surface area contributed by atoms with Crippen LogP contribution < -0.4 is 5.73 Å². The lowest BCUT2D eigenvalue weighted by molar-refractivity contribution is -0.132. The maximum absolute atomic E-state index is 12.6. The molecule has 0 saturated heterocycles. The summed E-state index contributed by atoms with van der Waals surface area (Å²) in [6.07, 6.45) is 2.84. The van der Waals surface area contributed by atoms with E-state index >= 15 is 0 Å². The van der Waals surface area contributed by atoms with Gasteiger partial charge in [-0.2, -0.15) is 0 Å². The van der Waals surface area contributed by atoms with E-state index in [0.717, 1.165) is 0 Å². The molecule has 3 rings (SSSR count). The summed E-state index contributed by atoms with van der Waals surface area (Å²) < 4.78 is 0. The number of hydrogen-bond acceptors (Lipinski definition) is 4. The summed E-state index contributed by atoms with van der Waals surface area (Å²) in [6, 6.07) is 8.26. The van der Waals surface area contributed by atoms with E-state index in [9.17, 15) is 4.79 Å². The second kappa shape index (κ2) is 6.73. The quantitative estimate of drug-likeness (QED) is 0.849. The summed E-state index contributed by atoms with van der Waals surface area (Å²) in [5, 5.41) is 4.11. The number of nitrogens with zero attached hydrogens (tertiary/aromatic N) is 1. The number of thiophene rings is 2. The smallest absolute Gasteiger partial charge is 0.224 e. The van der Waals surface area contributed by atoms with Crippen LogP contribution in [0.25, 0.3) is 0 Å². The third kappa shape index (κ3) is 4.15. The standard InChI is InChI=1S/C16H20N2OS2/c17-15(12-5-6-12)9-16(19)18(10-13-3-1-7-20-13)11-14-4-2-8-21-14/h1-4,7-8,12,15H,5-6,9-11,17H2. The maximum atomic E-state index is 12.6. The van der Waals surface area contributed by atoms with Crippen molar-refractivity contribution in [1.29, 1.82) is 0 Å². The third-order valence-electron chi connectivity index (χ3n) is 3.84. The predicted molar refractivity (Wildman–Crippen MR) is 88.2 cm³/mol. The van der Waals surface area contributed by atoms with Crippen molar-refractivity contribution in [3.05, 3.63) is 44.8 Å². The molecule has 2 N–H and O–H groups in total. The molecular formula is C16H20N2OS2. The van der Waals surface area contributed by atoms with Gasteiger partial charge in [0.25, 0.3) is 0 Å². The number of hydrogen-bond donors (Lipinski definition) is 1. The average molecular weight is 320 g/mol. The molecule has 1 fully saturated rings. The van der Waals surface area contributed by atoms with E-state index in [2.05, 4.69) is 22.9 Å². The number of carbonyl (C=O) groups is 1. The van der Waals surface area contributed by atoms with Gasteiger partial charge < -0.3 is 10.6 Å². The second-order valence-electron chi connectivity index (χ2n) is 5.61. The third-order valence-corrected chi connectivity index (χ3v) is 5.57. The summed E-state index contributed by atoms with van der Waals surface area (Å²) in [4.78, 5) is 17.0. The van der Waals surface area contributed by atoms with E-state index in [1.807, 2.05) is 17.0 Å². The first-order valence-electron chi connectivity index (χ1n) is 7.30. The van der Waals surface area contributed by atoms with Gasteiger partial charge in [0.15, 0.2) is 0 Å². The molecule has 0 aliphatic heterocycles. The molecule has 2 heterocycles. The molecule has 1 saturated carbocycles. The molecule has 1 aliphatic carbocycles. The molecule has 3 nitrogen and oxygen atoms in total. The molecule has 1 amide bonds. The number of nitrogens with two attached hydrogens (primary N) is 1. The Labute approximate surface area is 133 Å². The Kier molecular flexibility index (Phi) is 4.73. The molecule has 1 unspecified atom stereocenters. The van der Waals surface area contributed by atoms with E-state index in [0.29, 0.717) is 25.4 Å². The molecule has 0 aromatic carbocycles. The highest BCUT2D eigenvalue weighted by Crippen LogP contribution is 2.33. The molecule has 1 atom stereocenters. The van der Waals surface area contributed by atoms with Crippen molar-refractivity contribution in [2.75, 3.05) is 0 Å². The van der Waals surface area contributed by atoms with Crippen molar-refractivity contribution >= 4 is 28.6 Å². The van der Waals surface area contributed by atoms with Gasteiger partial charge in [-0.25, -0.2) is 0 Å². The lowest BCUT2D eigenvalue weighted by atomic mass is 10.1. The average Bonchev–Trinajstić information content (AvgIpc) is 2.97. The topological polar surface area (TPSA) is 46.3 Å². The zero-order valence-corrected chi connectivity index (χ0v) is 13.5. The zero-order chi connectivity index (χ0) is 14.7. The Morgan fingerprint density at radius 2 is 1.76 bits per heavy atom. The van der Waals surface area contributed by atoms with Crippen LogP contribution in [-0.4, -0.2) is 16.8 Å². The van der Waals surface area contributed by atoms with Gasteiger partial charge in [0.1, 0.15) is 0 Å². The summed E-state index contributed by atoms with van der Waals surface area (Å²) in [5.74, 6) is 0.746. The minimum Gasteiger partial charge on any atom is -0.332 e. The van der Waals surface area contributed by atoms with Gasteiger partial charge in [-0.05, 0) is 41.7 Å². The molecule has 0 spiro atoms. The lowest BCUT2D eigenvalue weighted by Crippen LogP contribution is -2.35. The van der Waals surface area contributed by atoms with E-state index < -0.39 is 0 Å². The van der Waals surface area contributed by atoms with E-state index in [1.54, 1.807) is 22.7 Å². The molecule has 0 bridgehead atoms. The highest BCUT2D eigenvalue weighted by molar-refractivity contribution is 7.10. The normalized spacial score (nSPS) is 15.9. The molecule has 0 radical (unpaired) electrons. The van der Waals surface area contributed by atoms with Crippen LogP contribution in [0.1, 0.15) is 29.0 Å². The van der Waals surface area contributed by atoms with E-state index in [1.165, 1.54) is 22.6 Å². The van der Waals surface area contributed by atoms with Gasteiger partial charge in [-0.1, -0.05) is 12.1 Å². The van der Waals surface area contributed by atoms with Crippen molar-refractivity contribution in [2.45, 2.75) is 38.4 Å². The predicted octanol–water partition coefficient (Wildman–Crippen LogP) is 3.47. The van der Waals surface area contributed by atoms with Crippen LogP contribution in [0.4, 0.5) is 0 Å². The largest absolute Gasteiger partial charge is 0.332 e. The second-order valence-corrected chi connectivity index (χ2v) is 7.68. The minimum atomic E-state index is 0.0340. The van der Waals surface area contributed by atoms with Crippen molar-refractivity contribution in [3.63, 3.8) is 0 Å². The molecule has 112 valence electrons. The first-order chi connectivity index (χ1) is 10.2. The summed E-state index contributed by atoms with van der Waals surface area (Å²) in [7, 11) is 0. The maximum Gasteiger partial charge on any atom is 0.224 e. The van der Waals surface area contributed by atoms with Gasteiger partial charge in [0, 0.05) is 22.2 Å². The fraction of sp³-hybridized carbons (Fsp3) is 0.438. The Morgan fingerprint density at radius 1 is 1.19 bits per heavy atom. The van der Waals surface area contributed by atoms with Crippen LogP contribution in [0.3, 0.4) is 0 Å². The number of amides is 1. The summed E-state index contributed by atoms with van der Waals surface area (Å²) in [5.41, 5.74) is 6.12. The van der Waals surface area contributed by atoms with Crippen LogP contribution in [0.2, 0.25) is 0 Å². The van der Waals surface area contributed by atoms with Crippen LogP contribution in [-0.2, 0) is 17.9 Å². The summed E-state index contributed by atoms with van der Waals surface area (Å²) >= 11 is 3.39. The fourth-order valence-corrected chi connectivity index (χ4v) is 3.87. The fourth-order valence-electron chi connectivity index (χ4n) is 2.44.